The number of carbonyl (C=O) groups is 1. The molecule has 0 fully saturated rings. The van der Waals surface area contributed by atoms with Gasteiger partial charge >= 0.3 is 0 Å². The molecular weight excluding hydrogens is 192 g/mol. The van der Waals surface area contributed by atoms with E-state index in [1.807, 2.05) is 27.7 Å². The SMILES string of the molecule is COCC(C)CNC(=O)[C@H](N)C(C)(C)C. The molecule has 0 aromatic rings. The van der Waals surface area contributed by atoms with E-state index in [0.29, 0.717) is 19.1 Å². The molecule has 4 heteroatoms. The molecule has 0 spiro atoms. The zero-order valence-corrected chi connectivity index (χ0v) is 10.5. The van der Waals surface area contributed by atoms with E-state index in [-0.39, 0.29) is 11.3 Å². The summed E-state index contributed by atoms with van der Waals surface area (Å²) in [6.07, 6.45) is 0. The first-order valence-electron chi connectivity index (χ1n) is 5.31. The molecule has 4 nitrogen and oxygen atoms in total. The van der Waals surface area contributed by atoms with Gasteiger partial charge in [0.2, 0.25) is 5.91 Å². The highest BCUT2D eigenvalue weighted by molar-refractivity contribution is 5.82. The van der Waals surface area contributed by atoms with Gasteiger partial charge in [0.25, 0.3) is 0 Å². The Morgan fingerprint density at radius 2 is 2.00 bits per heavy atom. The Hall–Kier alpha value is -0.610. The largest absolute Gasteiger partial charge is 0.384 e. The zero-order chi connectivity index (χ0) is 12.1. The van der Waals surface area contributed by atoms with Crippen LogP contribution in [0.3, 0.4) is 0 Å². The molecule has 3 N–H and O–H groups in total. The van der Waals surface area contributed by atoms with Crippen LogP contribution in [0.4, 0.5) is 0 Å². The van der Waals surface area contributed by atoms with Crippen LogP contribution in [0.25, 0.3) is 0 Å². The number of hydrogen-bond donors (Lipinski definition) is 2. The van der Waals surface area contributed by atoms with Crippen molar-refractivity contribution in [3.05, 3.63) is 0 Å². The van der Waals surface area contributed by atoms with Crippen LogP contribution in [0, 0.1) is 11.3 Å². The lowest BCUT2D eigenvalue weighted by Crippen LogP contribution is -2.49. The Morgan fingerprint density at radius 3 is 2.40 bits per heavy atom. The minimum atomic E-state index is -0.466. The smallest absolute Gasteiger partial charge is 0.237 e. The third kappa shape index (κ3) is 5.74. The molecule has 0 bridgehead atoms. The quantitative estimate of drug-likeness (QED) is 0.713. The van der Waals surface area contributed by atoms with Crippen molar-refractivity contribution >= 4 is 5.91 Å². The third-order valence-corrected chi connectivity index (χ3v) is 2.29. The molecule has 90 valence electrons. The van der Waals surface area contributed by atoms with Gasteiger partial charge in [0.15, 0.2) is 0 Å². The van der Waals surface area contributed by atoms with E-state index in [0.717, 1.165) is 0 Å². The van der Waals surface area contributed by atoms with Crippen LogP contribution in [0.5, 0.6) is 0 Å². The van der Waals surface area contributed by atoms with E-state index >= 15 is 0 Å². The molecule has 0 heterocycles. The maximum atomic E-state index is 11.6. The van der Waals surface area contributed by atoms with Crippen molar-refractivity contribution in [1.29, 1.82) is 0 Å². The lowest BCUT2D eigenvalue weighted by atomic mass is 9.87. The molecule has 0 aliphatic carbocycles. The molecule has 15 heavy (non-hydrogen) atoms. The fraction of sp³-hybridized carbons (Fsp3) is 0.909. The van der Waals surface area contributed by atoms with Crippen LogP contribution in [0.15, 0.2) is 0 Å². The number of nitrogens with two attached hydrogens (primary N) is 1. The minimum absolute atomic E-state index is 0.0922. The van der Waals surface area contributed by atoms with Gasteiger partial charge in [-0.25, -0.2) is 0 Å². The summed E-state index contributed by atoms with van der Waals surface area (Å²) in [6, 6.07) is -0.466. The molecule has 0 radical (unpaired) electrons. The second-order valence-corrected chi connectivity index (χ2v) is 5.15. The molecule has 0 aromatic carbocycles. The van der Waals surface area contributed by atoms with Gasteiger partial charge in [-0.05, 0) is 11.3 Å². The molecule has 1 unspecified atom stereocenters. The Bertz CT molecular complexity index is 199. The number of methoxy groups -OCH3 is 1. The van der Waals surface area contributed by atoms with Gasteiger partial charge in [0.1, 0.15) is 0 Å². The van der Waals surface area contributed by atoms with Crippen molar-refractivity contribution in [2.45, 2.75) is 33.7 Å². The average molecular weight is 216 g/mol. The second-order valence-electron chi connectivity index (χ2n) is 5.15. The number of hydrogen-bond acceptors (Lipinski definition) is 3. The van der Waals surface area contributed by atoms with Crippen LogP contribution >= 0.6 is 0 Å². The van der Waals surface area contributed by atoms with Gasteiger partial charge in [-0.15, -0.1) is 0 Å². The highest BCUT2D eigenvalue weighted by Gasteiger charge is 2.27. The van der Waals surface area contributed by atoms with Gasteiger partial charge < -0.3 is 15.8 Å². The zero-order valence-electron chi connectivity index (χ0n) is 10.5. The van der Waals surface area contributed by atoms with E-state index < -0.39 is 6.04 Å². The summed E-state index contributed by atoms with van der Waals surface area (Å²) >= 11 is 0. The fourth-order valence-corrected chi connectivity index (χ4v) is 1.12. The first kappa shape index (κ1) is 14.4. The number of carbonyl (C=O) groups excluding carboxylic acids is 1. The van der Waals surface area contributed by atoms with E-state index in [1.54, 1.807) is 7.11 Å². The normalized spacial score (nSPS) is 15.9. The van der Waals surface area contributed by atoms with Crippen LogP contribution < -0.4 is 11.1 Å². The molecule has 0 rings (SSSR count). The molecule has 0 aliphatic rings. The van der Waals surface area contributed by atoms with E-state index in [1.165, 1.54) is 0 Å². The van der Waals surface area contributed by atoms with Gasteiger partial charge in [0.05, 0.1) is 12.6 Å². The number of ether oxygens (including phenoxy) is 1. The number of nitrogens with one attached hydrogen (secondary N) is 1. The van der Waals surface area contributed by atoms with Crippen LogP contribution in [0.2, 0.25) is 0 Å². The van der Waals surface area contributed by atoms with Crippen molar-refractivity contribution in [3.63, 3.8) is 0 Å². The average Bonchev–Trinajstić information content (AvgIpc) is 2.12. The molecule has 1 amide bonds. The first-order valence-corrected chi connectivity index (χ1v) is 5.31. The number of rotatable bonds is 5. The summed E-state index contributed by atoms with van der Waals surface area (Å²) < 4.78 is 4.98. The van der Waals surface area contributed by atoms with Crippen LogP contribution in [-0.2, 0) is 9.53 Å². The predicted molar refractivity (Wildman–Crippen MR) is 61.5 cm³/mol. The Kier molecular flexibility index (Phi) is 5.83. The highest BCUT2D eigenvalue weighted by Crippen LogP contribution is 2.17. The Balaban J connectivity index is 3.94. The van der Waals surface area contributed by atoms with Crippen LogP contribution in [0.1, 0.15) is 27.7 Å². The lowest BCUT2D eigenvalue weighted by Gasteiger charge is -2.26. The first-order chi connectivity index (χ1) is 6.79. The van der Waals surface area contributed by atoms with Gasteiger partial charge in [-0.3, -0.25) is 4.79 Å². The summed E-state index contributed by atoms with van der Waals surface area (Å²) in [5.41, 5.74) is 5.61. The van der Waals surface area contributed by atoms with Crippen molar-refractivity contribution in [2.24, 2.45) is 17.1 Å². The fourth-order valence-electron chi connectivity index (χ4n) is 1.12. The molecular formula is C11H24N2O2. The van der Waals surface area contributed by atoms with Crippen molar-refractivity contribution < 1.29 is 9.53 Å². The molecule has 0 saturated heterocycles. The summed E-state index contributed by atoms with van der Waals surface area (Å²) in [5.74, 6) is 0.219. The number of amides is 1. The molecule has 0 aromatic heterocycles. The summed E-state index contributed by atoms with van der Waals surface area (Å²) in [4.78, 5) is 11.6. The van der Waals surface area contributed by atoms with Crippen molar-refractivity contribution in [1.82, 2.24) is 5.32 Å². The van der Waals surface area contributed by atoms with E-state index in [4.69, 9.17) is 10.5 Å². The Morgan fingerprint density at radius 1 is 1.47 bits per heavy atom. The monoisotopic (exact) mass is 216 g/mol. The standard InChI is InChI=1S/C11H24N2O2/c1-8(7-15-5)6-13-10(14)9(12)11(2,3)4/h8-9H,6-7,12H2,1-5H3,(H,13,14)/t8?,9-/m0/s1. The van der Waals surface area contributed by atoms with Gasteiger partial charge in [0, 0.05) is 13.7 Å². The van der Waals surface area contributed by atoms with Crippen molar-refractivity contribution in [2.75, 3.05) is 20.3 Å². The molecule has 2 atom stereocenters. The maximum Gasteiger partial charge on any atom is 0.237 e. The summed E-state index contributed by atoms with van der Waals surface area (Å²) in [6.45, 7) is 9.13. The highest BCUT2D eigenvalue weighted by atomic mass is 16.5. The second kappa shape index (κ2) is 6.08. The Labute approximate surface area is 92.6 Å². The third-order valence-electron chi connectivity index (χ3n) is 2.29. The maximum absolute atomic E-state index is 11.6. The summed E-state index contributed by atoms with van der Waals surface area (Å²) in [7, 11) is 1.65. The van der Waals surface area contributed by atoms with Gasteiger partial charge in [-0.1, -0.05) is 27.7 Å². The predicted octanol–water partition coefficient (Wildman–Crippen LogP) is 0.759. The lowest BCUT2D eigenvalue weighted by molar-refractivity contribution is -0.124. The van der Waals surface area contributed by atoms with Crippen LogP contribution in [-0.4, -0.2) is 32.2 Å². The molecule has 0 aliphatic heterocycles. The van der Waals surface area contributed by atoms with E-state index in [2.05, 4.69) is 5.32 Å². The molecule has 0 saturated carbocycles. The summed E-state index contributed by atoms with van der Waals surface area (Å²) in [5, 5.41) is 2.83. The minimum Gasteiger partial charge on any atom is -0.384 e. The van der Waals surface area contributed by atoms with Crippen molar-refractivity contribution in [3.8, 4) is 0 Å². The topological polar surface area (TPSA) is 64.3 Å². The van der Waals surface area contributed by atoms with Gasteiger partial charge in [-0.2, -0.15) is 0 Å². The van der Waals surface area contributed by atoms with E-state index in [9.17, 15) is 4.79 Å².